The Bertz CT molecular complexity index is 1560. The second-order valence-corrected chi connectivity index (χ2v) is 11.3. The van der Waals surface area contributed by atoms with Crippen LogP contribution in [0.4, 0.5) is 0 Å². The molecule has 0 saturated heterocycles. The minimum absolute atomic E-state index is 0.0445. The van der Waals surface area contributed by atoms with Gasteiger partial charge in [-0.2, -0.15) is 9.78 Å². The van der Waals surface area contributed by atoms with Crippen molar-refractivity contribution in [1.29, 1.82) is 0 Å². The van der Waals surface area contributed by atoms with Gasteiger partial charge in [-0.1, -0.05) is 59.0 Å². The first kappa shape index (κ1) is 27.9. The molecule has 0 radical (unpaired) electrons. The van der Waals surface area contributed by atoms with Crippen molar-refractivity contribution >= 4 is 78.8 Å². The van der Waals surface area contributed by atoms with Gasteiger partial charge in [-0.15, -0.1) is 0 Å². The van der Waals surface area contributed by atoms with Crippen LogP contribution in [0.2, 0.25) is 10.0 Å². The van der Waals surface area contributed by atoms with Crippen LogP contribution >= 0.6 is 61.7 Å². The molecule has 4 aromatic rings. The average molecular weight is 715 g/mol. The predicted octanol–water partition coefficient (Wildman–Crippen LogP) is 8.05. The van der Waals surface area contributed by atoms with E-state index in [9.17, 15) is 4.79 Å². The van der Waals surface area contributed by atoms with Crippen LogP contribution in [0, 0.1) is 3.57 Å². The zero-order valence-corrected chi connectivity index (χ0v) is 25.5. The number of hydrogen-bond acceptors (Lipinski definition) is 5. The molecule has 1 atom stereocenters. The zero-order valence-electron chi connectivity index (χ0n) is 20.3. The highest BCUT2D eigenvalue weighted by Gasteiger charge is 2.16. The van der Waals surface area contributed by atoms with Gasteiger partial charge in [0.15, 0.2) is 11.5 Å². The maximum absolute atomic E-state index is 13.4. The minimum Gasteiger partial charge on any atom is -0.493 e. The lowest BCUT2D eigenvalue weighted by atomic mass is 10.1. The summed E-state index contributed by atoms with van der Waals surface area (Å²) in [6, 6.07) is 14.5. The molecule has 37 heavy (non-hydrogen) atoms. The fourth-order valence-corrected chi connectivity index (χ4v) is 5.25. The summed E-state index contributed by atoms with van der Waals surface area (Å²) in [6.07, 6.45) is 2.45. The number of rotatable bonds is 8. The number of fused-ring (bicyclic) bond motifs is 1. The molecule has 0 aliphatic carbocycles. The third kappa shape index (κ3) is 6.30. The Balaban J connectivity index is 1.69. The Morgan fingerprint density at radius 3 is 2.68 bits per heavy atom. The fourth-order valence-electron chi connectivity index (χ4n) is 3.65. The molecule has 1 heterocycles. The monoisotopic (exact) mass is 713 g/mol. The summed E-state index contributed by atoms with van der Waals surface area (Å²) in [7, 11) is 1.57. The van der Waals surface area contributed by atoms with Crippen LogP contribution in [0.15, 0.2) is 62.9 Å². The van der Waals surface area contributed by atoms with Gasteiger partial charge in [0, 0.05) is 26.0 Å². The molecule has 0 aliphatic rings. The molecule has 10 heteroatoms. The van der Waals surface area contributed by atoms with Crippen molar-refractivity contribution in [3.05, 3.63) is 93.9 Å². The Hall–Kier alpha value is -2.14. The summed E-state index contributed by atoms with van der Waals surface area (Å²) < 4.78 is 14.7. The molecule has 0 unspecified atom stereocenters. The SMILES string of the molecule is CC[C@H](C)c1nc2ccc(Br)cc2c(=O)n1N=Cc1cc(I)c(OCc2ccc(Cl)cc2Cl)c(OC)c1. The molecule has 6 nitrogen and oxygen atoms in total. The van der Waals surface area contributed by atoms with Crippen molar-refractivity contribution in [2.75, 3.05) is 7.11 Å². The number of halogens is 4. The van der Waals surface area contributed by atoms with Crippen molar-refractivity contribution in [3.8, 4) is 11.5 Å². The second kappa shape index (κ2) is 12.1. The first-order valence-corrected chi connectivity index (χ1v) is 14.0. The first-order valence-electron chi connectivity index (χ1n) is 11.4. The van der Waals surface area contributed by atoms with Crippen LogP contribution in [0.25, 0.3) is 10.9 Å². The molecule has 1 aromatic heterocycles. The Labute approximate surface area is 246 Å². The topological polar surface area (TPSA) is 65.7 Å². The van der Waals surface area contributed by atoms with Crippen LogP contribution in [0.1, 0.15) is 43.1 Å². The molecule has 0 bridgehead atoms. The van der Waals surface area contributed by atoms with Gasteiger partial charge >= 0.3 is 0 Å². The van der Waals surface area contributed by atoms with E-state index >= 15 is 0 Å². The summed E-state index contributed by atoms with van der Waals surface area (Å²) in [5.41, 5.74) is 1.98. The first-order chi connectivity index (χ1) is 17.7. The van der Waals surface area contributed by atoms with Gasteiger partial charge < -0.3 is 9.47 Å². The second-order valence-electron chi connectivity index (χ2n) is 8.36. The number of benzene rings is 3. The van der Waals surface area contributed by atoms with E-state index in [0.29, 0.717) is 38.3 Å². The molecule has 0 amide bonds. The third-order valence-electron chi connectivity index (χ3n) is 5.85. The van der Waals surface area contributed by atoms with E-state index in [4.69, 9.17) is 37.7 Å². The van der Waals surface area contributed by atoms with Crippen LogP contribution in [0.3, 0.4) is 0 Å². The highest BCUT2D eigenvalue weighted by atomic mass is 127. The Kier molecular flexibility index (Phi) is 9.15. The number of hydrogen-bond donors (Lipinski definition) is 0. The predicted molar refractivity (Wildman–Crippen MR) is 162 cm³/mol. The van der Waals surface area contributed by atoms with E-state index in [0.717, 1.165) is 25.6 Å². The van der Waals surface area contributed by atoms with Gasteiger partial charge in [0.2, 0.25) is 0 Å². The van der Waals surface area contributed by atoms with Crippen LogP contribution in [-0.4, -0.2) is 23.0 Å². The summed E-state index contributed by atoms with van der Waals surface area (Å²) in [6.45, 7) is 4.34. The number of ether oxygens (including phenoxy) is 2. The molecular formula is C27H23BrCl2IN3O3. The fraction of sp³-hybridized carbons (Fsp3) is 0.222. The van der Waals surface area contributed by atoms with E-state index in [-0.39, 0.29) is 18.1 Å². The molecule has 192 valence electrons. The standard InChI is InChI=1S/C27H23BrCl2IN3O3/c1-4-15(2)26-33-23-8-6-18(28)11-20(23)27(35)34(26)32-13-16-9-22(31)25(24(10-16)36-3)37-14-17-5-7-19(29)12-21(17)30/h5-13,15H,4,14H2,1-3H3/t15-/m0/s1. The molecular weight excluding hydrogens is 692 g/mol. The third-order valence-corrected chi connectivity index (χ3v) is 7.73. The highest BCUT2D eigenvalue weighted by molar-refractivity contribution is 14.1. The molecule has 0 N–H and O–H groups in total. The Morgan fingerprint density at radius 1 is 1.19 bits per heavy atom. The molecule has 3 aromatic carbocycles. The number of aromatic nitrogens is 2. The van der Waals surface area contributed by atoms with Gasteiger partial charge in [0.25, 0.3) is 5.56 Å². The van der Waals surface area contributed by atoms with Gasteiger partial charge in [-0.3, -0.25) is 4.79 Å². The summed E-state index contributed by atoms with van der Waals surface area (Å²) in [5.74, 6) is 1.78. The Morgan fingerprint density at radius 2 is 1.97 bits per heavy atom. The van der Waals surface area contributed by atoms with Crippen molar-refractivity contribution in [2.45, 2.75) is 32.8 Å². The van der Waals surface area contributed by atoms with Crippen molar-refractivity contribution in [2.24, 2.45) is 5.10 Å². The smallest absolute Gasteiger partial charge is 0.282 e. The van der Waals surface area contributed by atoms with Crippen LogP contribution in [0.5, 0.6) is 11.5 Å². The number of methoxy groups -OCH3 is 1. The molecule has 0 spiro atoms. The average Bonchev–Trinajstić information content (AvgIpc) is 2.87. The largest absolute Gasteiger partial charge is 0.493 e. The number of nitrogens with zero attached hydrogens (tertiary/aromatic N) is 3. The maximum Gasteiger partial charge on any atom is 0.282 e. The van der Waals surface area contributed by atoms with E-state index in [1.807, 2.05) is 37.3 Å². The summed E-state index contributed by atoms with van der Waals surface area (Å²) in [4.78, 5) is 18.1. The molecule has 0 saturated carbocycles. The lowest BCUT2D eigenvalue weighted by Gasteiger charge is -2.15. The quantitative estimate of drug-likeness (QED) is 0.137. The zero-order chi connectivity index (χ0) is 26.7. The van der Waals surface area contributed by atoms with Crippen LogP contribution < -0.4 is 15.0 Å². The van der Waals surface area contributed by atoms with Crippen molar-refractivity contribution in [1.82, 2.24) is 9.66 Å². The lowest BCUT2D eigenvalue weighted by molar-refractivity contribution is 0.282. The van der Waals surface area contributed by atoms with E-state index < -0.39 is 0 Å². The normalized spacial score (nSPS) is 12.3. The molecule has 0 fully saturated rings. The molecule has 0 aliphatic heterocycles. The van der Waals surface area contributed by atoms with E-state index in [2.05, 4.69) is 50.5 Å². The van der Waals surface area contributed by atoms with Gasteiger partial charge in [0.05, 0.1) is 27.8 Å². The van der Waals surface area contributed by atoms with Crippen LogP contribution in [-0.2, 0) is 6.61 Å². The highest BCUT2D eigenvalue weighted by Crippen LogP contribution is 2.35. The minimum atomic E-state index is -0.223. The van der Waals surface area contributed by atoms with Gasteiger partial charge in [-0.25, -0.2) is 4.98 Å². The van der Waals surface area contributed by atoms with E-state index in [1.54, 1.807) is 31.5 Å². The van der Waals surface area contributed by atoms with Crippen molar-refractivity contribution < 1.29 is 9.47 Å². The summed E-state index contributed by atoms with van der Waals surface area (Å²) in [5, 5.41) is 6.15. The van der Waals surface area contributed by atoms with E-state index in [1.165, 1.54) is 4.68 Å². The lowest BCUT2D eigenvalue weighted by Crippen LogP contribution is -2.23. The molecule has 4 rings (SSSR count). The van der Waals surface area contributed by atoms with Crippen molar-refractivity contribution in [3.63, 3.8) is 0 Å². The maximum atomic E-state index is 13.4. The van der Waals surface area contributed by atoms with Gasteiger partial charge in [-0.05, 0) is 77.0 Å². The summed E-state index contributed by atoms with van der Waals surface area (Å²) >= 11 is 17.9. The van der Waals surface area contributed by atoms with Gasteiger partial charge in [0.1, 0.15) is 12.4 Å².